The SMILES string of the molecule is C=CCOc1cccc(CC(N)(C(=O)OC)C(=O)OC(C)(C)C)c1. The van der Waals surface area contributed by atoms with Gasteiger partial charge in [0.1, 0.15) is 18.0 Å². The van der Waals surface area contributed by atoms with Crippen molar-refractivity contribution in [1.29, 1.82) is 0 Å². The smallest absolute Gasteiger partial charge is 0.338 e. The number of hydrogen-bond acceptors (Lipinski definition) is 6. The van der Waals surface area contributed by atoms with Crippen LogP contribution in [-0.2, 0) is 25.5 Å². The topological polar surface area (TPSA) is 87.9 Å². The van der Waals surface area contributed by atoms with Crippen molar-refractivity contribution in [1.82, 2.24) is 0 Å². The molecule has 6 nitrogen and oxygen atoms in total. The van der Waals surface area contributed by atoms with Crippen LogP contribution in [0.1, 0.15) is 26.3 Å². The van der Waals surface area contributed by atoms with Crippen molar-refractivity contribution < 1.29 is 23.8 Å². The fourth-order valence-electron chi connectivity index (χ4n) is 2.00. The molecular weight excluding hydrogens is 310 g/mol. The van der Waals surface area contributed by atoms with E-state index in [9.17, 15) is 9.59 Å². The second-order valence-corrected chi connectivity index (χ2v) is 6.39. The molecule has 1 aromatic rings. The molecule has 0 aromatic heterocycles. The Morgan fingerprint density at radius 1 is 1.25 bits per heavy atom. The van der Waals surface area contributed by atoms with Gasteiger partial charge in [0.05, 0.1) is 7.11 Å². The predicted molar refractivity (Wildman–Crippen MR) is 90.6 cm³/mol. The molecule has 132 valence electrons. The maximum Gasteiger partial charge on any atom is 0.338 e. The minimum absolute atomic E-state index is 0.0696. The Labute approximate surface area is 142 Å². The van der Waals surface area contributed by atoms with E-state index in [1.54, 1.807) is 51.1 Å². The third-order valence-electron chi connectivity index (χ3n) is 3.06. The molecule has 0 radical (unpaired) electrons. The molecule has 0 saturated carbocycles. The summed E-state index contributed by atoms with van der Waals surface area (Å²) >= 11 is 0. The highest BCUT2D eigenvalue weighted by Gasteiger charge is 2.46. The molecule has 0 saturated heterocycles. The van der Waals surface area contributed by atoms with E-state index < -0.39 is 23.1 Å². The first-order valence-corrected chi connectivity index (χ1v) is 7.56. The Hall–Kier alpha value is -2.34. The highest BCUT2D eigenvalue weighted by atomic mass is 16.6. The zero-order chi connectivity index (χ0) is 18.4. The van der Waals surface area contributed by atoms with E-state index in [4.69, 9.17) is 19.9 Å². The summed E-state index contributed by atoms with van der Waals surface area (Å²) in [6.45, 7) is 9.03. The molecule has 0 heterocycles. The number of ether oxygens (including phenoxy) is 3. The summed E-state index contributed by atoms with van der Waals surface area (Å²) in [5.41, 5.74) is 4.02. The van der Waals surface area contributed by atoms with E-state index in [0.717, 1.165) is 0 Å². The molecule has 0 aliphatic rings. The molecule has 1 unspecified atom stereocenters. The van der Waals surface area contributed by atoms with Crippen molar-refractivity contribution in [2.45, 2.75) is 38.3 Å². The minimum Gasteiger partial charge on any atom is -0.490 e. The molecule has 0 fully saturated rings. The normalized spacial score (nSPS) is 13.5. The molecule has 1 rings (SSSR count). The molecular formula is C18H25NO5. The van der Waals surface area contributed by atoms with Gasteiger partial charge in [-0.25, -0.2) is 9.59 Å². The molecule has 24 heavy (non-hydrogen) atoms. The van der Waals surface area contributed by atoms with Crippen LogP contribution < -0.4 is 10.5 Å². The highest BCUT2D eigenvalue weighted by Crippen LogP contribution is 2.21. The van der Waals surface area contributed by atoms with Crippen molar-refractivity contribution >= 4 is 11.9 Å². The van der Waals surface area contributed by atoms with Crippen LogP contribution in [0.4, 0.5) is 0 Å². The predicted octanol–water partition coefficient (Wildman–Crippen LogP) is 2.01. The number of carbonyl (C=O) groups is 2. The summed E-state index contributed by atoms with van der Waals surface area (Å²) in [6.07, 6.45) is 1.55. The lowest BCUT2D eigenvalue weighted by molar-refractivity contribution is -0.170. The van der Waals surface area contributed by atoms with Crippen LogP contribution in [0.5, 0.6) is 5.75 Å². The van der Waals surface area contributed by atoms with Crippen LogP contribution in [0.2, 0.25) is 0 Å². The molecule has 6 heteroatoms. The van der Waals surface area contributed by atoms with Gasteiger partial charge < -0.3 is 19.9 Å². The number of rotatable bonds is 7. The van der Waals surface area contributed by atoms with Gasteiger partial charge in [-0.15, -0.1) is 0 Å². The summed E-state index contributed by atoms with van der Waals surface area (Å²) in [5.74, 6) is -1.10. The molecule has 1 atom stereocenters. The Kier molecular flexibility index (Phi) is 6.54. The number of methoxy groups -OCH3 is 1. The number of carbonyl (C=O) groups excluding carboxylic acids is 2. The summed E-state index contributed by atoms with van der Waals surface area (Å²) in [6, 6.07) is 6.96. The standard InChI is InChI=1S/C18H25NO5/c1-6-10-23-14-9-7-8-13(11-14)12-18(19,15(20)22-5)16(21)24-17(2,3)4/h6-9,11H,1,10,12,19H2,2-5H3. The van der Waals surface area contributed by atoms with Crippen molar-refractivity contribution in [2.24, 2.45) is 5.73 Å². The third-order valence-corrected chi connectivity index (χ3v) is 3.06. The van der Waals surface area contributed by atoms with E-state index in [1.165, 1.54) is 7.11 Å². The lowest BCUT2D eigenvalue weighted by atomic mass is 9.91. The second-order valence-electron chi connectivity index (χ2n) is 6.39. The van der Waals surface area contributed by atoms with E-state index in [1.807, 2.05) is 0 Å². The van der Waals surface area contributed by atoms with Gasteiger partial charge in [0.2, 0.25) is 5.54 Å². The summed E-state index contributed by atoms with van der Waals surface area (Å²) in [4.78, 5) is 24.6. The summed E-state index contributed by atoms with van der Waals surface area (Å²) in [7, 11) is 1.18. The van der Waals surface area contributed by atoms with Crippen LogP contribution in [0.3, 0.4) is 0 Å². The largest absolute Gasteiger partial charge is 0.490 e. The van der Waals surface area contributed by atoms with Crippen LogP contribution in [0.15, 0.2) is 36.9 Å². The van der Waals surface area contributed by atoms with Crippen LogP contribution in [0.25, 0.3) is 0 Å². The van der Waals surface area contributed by atoms with E-state index in [0.29, 0.717) is 17.9 Å². The summed E-state index contributed by atoms with van der Waals surface area (Å²) in [5, 5.41) is 0. The first-order chi connectivity index (χ1) is 11.1. The van der Waals surface area contributed by atoms with Gasteiger partial charge in [-0.05, 0) is 38.5 Å². The zero-order valence-corrected chi connectivity index (χ0v) is 14.6. The molecule has 1 aromatic carbocycles. The number of nitrogens with two attached hydrogens (primary N) is 1. The fraction of sp³-hybridized carbons (Fsp3) is 0.444. The van der Waals surface area contributed by atoms with Crippen molar-refractivity contribution in [3.8, 4) is 5.75 Å². The van der Waals surface area contributed by atoms with Crippen molar-refractivity contribution in [2.75, 3.05) is 13.7 Å². The fourth-order valence-corrected chi connectivity index (χ4v) is 2.00. The molecule has 0 spiro atoms. The van der Waals surface area contributed by atoms with Gasteiger partial charge in [0.25, 0.3) is 0 Å². The van der Waals surface area contributed by atoms with Gasteiger partial charge in [0, 0.05) is 6.42 Å². The van der Waals surface area contributed by atoms with E-state index in [-0.39, 0.29) is 6.42 Å². The number of esters is 2. The van der Waals surface area contributed by atoms with Crippen LogP contribution in [-0.4, -0.2) is 36.8 Å². The Morgan fingerprint density at radius 2 is 1.92 bits per heavy atom. The average molecular weight is 335 g/mol. The van der Waals surface area contributed by atoms with Crippen LogP contribution in [0, 0.1) is 0 Å². The van der Waals surface area contributed by atoms with Gasteiger partial charge in [-0.1, -0.05) is 24.8 Å². The van der Waals surface area contributed by atoms with Gasteiger partial charge in [0.15, 0.2) is 0 Å². The number of hydrogen-bond donors (Lipinski definition) is 1. The quantitative estimate of drug-likeness (QED) is 0.466. The van der Waals surface area contributed by atoms with Crippen molar-refractivity contribution in [3.63, 3.8) is 0 Å². The van der Waals surface area contributed by atoms with Crippen LogP contribution >= 0.6 is 0 Å². The van der Waals surface area contributed by atoms with Gasteiger partial charge >= 0.3 is 11.9 Å². The van der Waals surface area contributed by atoms with Gasteiger partial charge in [-0.2, -0.15) is 0 Å². The molecule has 0 aliphatic carbocycles. The Bertz CT molecular complexity index is 606. The summed E-state index contributed by atoms with van der Waals surface area (Å²) < 4.78 is 15.4. The first-order valence-electron chi connectivity index (χ1n) is 7.56. The third kappa shape index (κ3) is 5.38. The lowest BCUT2D eigenvalue weighted by Crippen LogP contribution is -2.59. The Balaban J connectivity index is 3.08. The van der Waals surface area contributed by atoms with E-state index in [2.05, 4.69) is 6.58 Å². The maximum atomic E-state index is 12.4. The highest BCUT2D eigenvalue weighted by molar-refractivity contribution is 6.05. The molecule has 0 aliphatic heterocycles. The Morgan fingerprint density at radius 3 is 2.46 bits per heavy atom. The van der Waals surface area contributed by atoms with E-state index >= 15 is 0 Å². The molecule has 2 N–H and O–H groups in total. The number of benzene rings is 1. The first kappa shape index (κ1) is 19.7. The molecule has 0 bridgehead atoms. The monoisotopic (exact) mass is 335 g/mol. The maximum absolute atomic E-state index is 12.4. The van der Waals surface area contributed by atoms with Crippen molar-refractivity contribution in [3.05, 3.63) is 42.5 Å². The average Bonchev–Trinajstić information content (AvgIpc) is 2.50. The molecule has 0 amide bonds. The lowest BCUT2D eigenvalue weighted by Gasteiger charge is -2.29. The zero-order valence-electron chi connectivity index (χ0n) is 14.6. The van der Waals surface area contributed by atoms with Gasteiger partial charge in [-0.3, -0.25) is 0 Å². The minimum atomic E-state index is -1.93. The second kappa shape index (κ2) is 7.97.